The van der Waals surface area contributed by atoms with Crippen LogP contribution in [-0.4, -0.2) is 55.1 Å². The molecular weight excluding hydrogens is 450 g/mol. The first kappa shape index (κ1) is 22.6. The van der Waals surface area contributed by atoms with Gasteiger partial charge in [0, 0.05) is 31.1 Å². The van der Waals surface area contributed by atoms with Gasteiger partial charge in [0.25, 0.3) is 5.91 Å². The Morgan fingerprint density at radius 3 is 2.53 bits per heavy atom. The molecule has 1 aliphatic heterocycles. The minimum absolute atomic E-state index is 0.0171. The number of halogens is 1. The maximum atomic E-state index is 12.4. The lowest BCUT2D eigenvalue weighted by molar-refractivity contribution is -0.129. The van der Waals surface area contributed by atoms with Crippen molar-refractivity contribution >= 4 is 46.5 Å². The van der Waals surface area contributed by atoms with Crippen LogP contribution in [0.4, 0.5) is 10.5 Å². The average molecular weight is 476 g/mol. The molecule has 1 aromatic heterocycles. The fourth-order valence-corrected chi connectivity index (χ4v) is 5.02. The Morgan fingerprint density at radius 1 is 1.25 bits per heavy atom. The molecule has 1 aliphatic carbocycles. The molecule has 1 saturated heterocycles. The van der Waals surface area contributed by atoms with Crippen molar-refractivity contribution in [3.63, 3.8) is 0 Å². The van der Waals surface area contributed by atoms with Crippen molar-refractivity contribution in [3.8, 4) is 0 Å². The molecule has 9 heteroatoms. The molecule has 0 spiro atoms. The maximum Gasteiger partial charge on any atom is 0.414 e. The van der Waals surface area contributed by atoms with Crippen molar-refractivity contribution in [2.75, 3.05) is 31.1 Å². The summed E-state index contributed by atoms with van der Waals surface area (Å²) in [7, 11) is 0. The van der Waals surface area contributed by atoms with Gasteiger partial charge in [-0.3, -0.25) is 14.5 Å². The van der Waals surface area contributed by atoms with Crippen LogP contribution in [0.5, 0.6) is 0 Å². The Kier molecular flexibility index (Phi) is 6.44. The number of amides is 3. The zero-order valence-corrected chi connectivity index (χ0v) is 19.7. The Bertz CT molecular complexity index is 1020. The van der Waals surface area contributed by atoms with Crippen molar-refractivity contribution in [1.29, 1.82) is 0 Å². The van der Waals surface area contributed by atoms with Gasteiger partial charge >= 0.3 is 6.09 Å². The molecule has 2 aromatic rings. The third-order valence-corrected chi connectivity index (χ3v) is 7.36. The lowest BCUT2D eigenvalue weighted by atomic mass is 9.95. The van der Waals surface area contributed by atoms with Crippen LogP contribution < -0.4 is 10.2 Å². The van der Waals surface area contributed by atoms with Gasteiger partial charge in [0.1, 0.15) is 6.10 Å². The molecule has 170 valence electrons. The predicted octanol–water partition coefficient (Wildman–Crippen LogP) is 4.06. The highest BCUT2D eigenvalue weighted by atomic mass is 35.5. The number of thiophene rings is 1. The van der Waals surface area contributed by atoms with Gasteiger partial charge in [-0.25, -0.2) is 4.79 Å². The van der Waals surface area contributed by atoms with Crippen molar-refractivity contribution < 1.29 is 19.1 Å². The number of likely N-dealkylation sites (N-methyl/N-ethyl adjacent to an activating group) is 1. The first-order valence-corrected chi connectivity index (χ1v) is 11.9. The van der Waals surface area contributed by atoms with Gasteiger partial charge in [-0.2, -0.15) is 0 Å². The van der Waals surface area contributed by atoms with Crippen molar-refractivity contribution in [3.05, 3.63) is 51.2 Å². The molecule has 1 atom stereocenters. The van der Waals surface area contributed by atoms with E-state index in [-0.39, 0.29) is 23.8 Å². The molecule has 3 amide bonds. The summed E-state index contributed by atoms with van der Waals surface area (Å²) in [5.41, 5.74) is 1.96. The standard InChI is InChI=1S/C23H26ClN3O4S/c1-3-26(15(2)28)14-23(10-11-23)16-4-6-17(7-5-16)27-13-18(31-22(27)30)12-25-21(29)19-8-9-20(24)32-19/h4-9,18H,3,10-14H2,1-2H3,(H,25,29). The lowest BCUT2D eigenvalue weighted by Gasteiger charge is -2.26. The number of anilines is 1. The molecule has 7 nitrogen and oxygen atoms in total. The summed E-state index contributed by atoms with van der Waals surface area (Å²) in [6.45, 7) is 5.62. The smallest absolute Gasteiger partial charge is 0.414 e. The van der Waals surface area contributed by atoms with E-state index in [4.69, 9.17) is 16.3 Å². The van der Waals surface area contributed by atoms with Crippen LogP contribution in [-0.2, 0) is 14.9 Å². The van der Waals surface area contributed by atoms with Gasteiger partial charge in [0.2, 0.25) is 5.91 Å². The molecule has 0 radical (unpaired) electrons. The summed E-state index contributed by atoms with van der Waals surface area (Å²) < 4.78 is 5.98. The molecule has 1 unspecified atom stereocenters. The highest BCUT2D eigenvalue weighted by molar-refractivity contribution is 7.18. The SMILES string of the molecule is CCN(CC1(c2ccc(N3CC(CNC(=O)c4ccc(Cl)s4)OC3=O)cc2)CC1)C(C)=O. The zero-order chi connectivity index (χ0) is 22.9. The van der Waals surface area contributed by atoms with Crippen molar-refractivity contribution in [2.24, 2.45) is 0 Å². The molecular formula is C23H26ClN3O4S. The van der Waals surface area contributed by atoms with Gasteiger partial charge in [-0.05, 0) is 49.6 Å². The summed E-state index contributed by atoms with van der Waals surface area (Å²) >= 11 is 7.08. The summed E-state index contributed by atoms with van der Waals surface area (Å²) in [5, 5.41) is 2.79. The van der Waals surface area contributed by atoms with Crippen LogP contribution >= 0.6 is 22.9 Å². The van der Waals surface area contributed by atoms with E-state index in [1.54, 1.807) is 24.0 Å². The maximum absolute atomic E-state index is 12.4. The third kappa shape index (κ3) is 4.76. The summed E-state index contributed by atoms with van der Waals surface area (Å²) in [6.07, 6.45) is 1.26. The molecule has 1 saturated carbocycles. The number of benzene rings is 1. The molecule has 1 N–H and O–H groups in total. The van der Waals surface area contributed by atoms with E-state index in [2.05, 4.69) is 5.32 Å². The number of hydrogen-bond acceptors (Lipinski definition) is 5. The Labute approximate surface area is 196 Å². The number of nitrogens with zero attached hydrogens (tertiary/aromatic N) is 2. The minimum atomic E-state index is -0.426. The fourth-order valence-electron chi connectivity index (χ4n) is 4.06. The van der Waals surface area contributed by atoms with E-state index in [1.165, 1.54) is 16.9 Å². The van der Waals surface area contributed by atoms with E-state index in [0.717, 1.165) is 25.1 Å². The molecule has 2 aliphatic rings. The fraction of sp³-hybridized carbons (Fsp3) is 0.435. The second-order valence-corrected chi connectivity index (χ2v) is 10.0. The van der Waals surface area contributed by atoms with Crippen LogP contribution in [0.3, 0.4) is 0 Å². The molecule has 4 rings (SSSR count). The first-order valence-electron chi connectivity index (χ1n) is 10.7. The second-order valence-electron chi connectivity index (χ2n) is 8.29. The number of nitrogens with one attached hydrogen (secondary N) is 1. The van der Waals surface area contributed by atoms with E-state index in [0.29, 0.717) is 22.3 Å². The first-order chi connectivity index (χ1) is 15.3. The molecule has 0 bridgehead atoms. The van der Waals surface area contributed by atoms with Crippen molar-refractivity contribution in [1.82, 2.24) is 10.2 Å². The second kappa shape index (κ2) is 9.11. The highest BCUT2D eigenvalue weighted by Gasteiger charge is 2.45. The van der Waals surface area contributed by atoms with Gasteiger partial charge in [-0.1, -0.05) is 23.7 Å². The van der Waals surface area contributed by atoms with Crippen LogP contribution in [0.1, 0.15) is 41.9 Å². The van der Waals surface area contributed by atoms with Crippen LogP contribution in [0, 0.1) is 0 Å². The number of carbonyl (C=O) groups is 3. The topological polar surface area (TPSA) is 79.0 Å². The van der Waals surface area contributed by atoms with Gasteiger partial charge in [0.15, 0.2) is 0 Å². The number of cyclic esters (lactones) is 1. The Balaban J connectivity index is 1.35. The molecule has 2 fully saturated rings. The predicted molar refractivity (Wildman–Crippen MR) is 125 cm³/mol. The average Bonchev–Trinajstić information content (AvgIpc) is 3.28. The van der Waals surface area contributed by atoms with E-state index < -0.39 is 12.2 Å². The van der Waals surface area contributed by atoms with E-state index >= 15 is 0 Å². The zero-order valence-electron chi connectivity index (χ0n) is 18.1. The van der Waals surface area contributed by atoms with Gasteiger partial charge in [-0.15, -0.1) is 11.3 Å². The van der Waals surface area contributed by atoms with Gasteiger partial charge < -0.3 is 15.0 Å². The molecule has 1 aromatic carbocycles. The van der Waals surface area contributed by atoms with Crippen LogP contribution in [0.15, 0.2) is 36.4 Å². The van der Waals surface area contributed by atoms with Crippen LogP contribution in [0.25, 0.3) is 0 Å². The summed E-state index contributed by atoms with van der Waals surface area (Å²) in [6, 6.07) is 11.3. The van der Waals surface area contributed by atoms with Gasteiger partial charge in [0.05, 0.1) is 22.3 Å². The largest absolute Gasteiger partial charge is 0.442 e. The quantitative estimate of drug-likeness (QED) is 0.624. The number of rotatable bonds is 8. The Hall–Kier alpha value is -2.58. The van der Waals surface area contributed by atoms with Crippen molar-refractivity contribution in [2.45, 2.75) is 38.2 Å². The van der Waals surface area contributed by atoms with Crippen LogP contribution in [0.2, 0.25) is 4.34 Å². The normalized spacial score (nSPS) is 18.9. The van der Waals surface area contributed by atoms with E-state index in [1.807, 2.05) is 36.1 Å². The Morgan fingerprint density at radius 2 is 1.97 bits per heavy atom. The highest BCUT2D eigenvalue weighted by Crippen LogP contribution is 2.49. The molecule has 32 heavy (non-hydrogen) atoms. The molecule has 2 heterocycles. The monoisotopic (exact) mass is 475 g/mol. The number of hydrogen-bond donors (Lipinski definition) is 1. The number of carbonyl (C=O) groups excluding carboxylic acids is 3. The third-order valence-electron chi connectivity index (χ3n) is 6.13. The lowest BCUT2D eigenvalue weighted by Crippen LogP contribution is -2.36. The number of ether oxygens (including phenoxy) is 1. The summed E-state index contributed by atoms with van der Waals surface area (Å²) in [5.74, 6) is -0.141. The minimum Gasteiger partial charge on any atom is -0.442 e. The summed E-state index contributed by atoms with van der Waals surface area (Å²) in [4.78, 5) is 40.4. The van der Waals surface area contributed by atoms with E-state index in [9.17, 15) is 14.4 Å².